The Morgan fingerprint density at radius 2 is 1.96 bits per heavy atom. The molecule has 0 fully saturated rings. The second-order valence-electron chi connectivity index (χ2n) is 6.66. The normalized spacial score (nSPS) is 10.8. The molecule has 0 radical (unpaired) electrons. The lowest BCUT2D eigenvalue weighted by molar-refractivity contribution is -0.121. The number of benzene rings is 1. The molecule has 0 atom stereocenters. The van der Waals surface area contributed by atoms with Crippen LogP contribution in [0.3, 0.4) is 0 Å². The minimum absolute atomic E-state index is 0.0627. The Kier molecular flexibility index (Phi) is 7.72. The summed E-state index contributed by atoms with van der Waals surface area (Å²) in [6, 6.07) is 7.59. The number of carbonyl (C=O) groups excluding carboxylic acids is 2. The van der Waals surface area contributed by atoms with E-state index in [2.05, 4.69) is 34.7 Å². The molecule has 0 aliphatic carbocycles. The lowest BCUT2D eigenvalue weighted by Crippen LogP contribution is -2.25. The zero-order chi connectivity index (χ0) is 18.9. The molecular formula is C19H26N4O2S. The van der Waals surface area contributed by atoms with E-state index in [1.165, 1.54) is 11.3 Å². The van der Waals surface area contributed by atoms with Gasteiger partial charge in [0.15, 0.2) is 0 Å². The second kappa shape index (κ2) is 10.0. The highest BCUT2D eigenvalue weighted by molar-refractivity contribution is 7.13. The summed E-state index contributed by atoms with van der Waals surface area (Å²) >= 11 is 1.27. The molecule has 1 heterocycles. The molecule has 0 aliphatic heterocycles. The number of rotatable bonds is 9. The summed E-state index contributed by atoms with van der Waals surface area (Å²) in [6.07, 6.45) is 2.79. The van der Waals surface area contributed by atoms with Gasteiger partial charge in [0.2, 0.25) is 10.9 Å². The van der Waals surface area contributed by atoms with Crippen molar-refractivity contribution in [2.45, 2.75) is 46.5 Å². The van der Waals surface area contributed by atoms with Gasteiger partial charge < -0.3 is 10.6 Å². The second-order valence-corrected chi connectivity index (χ2v) is 7.72. The molecule has 0 saturated heterocycles. The van der Waals surface area contributed by atoms with Crippen LogP contribution in [0.25, 0.3) is 0 Å². The van der Waals surface area contributed by atoms with Crippen molar-refractivity contribution < 1.29 is 9.59 Å². The van der Waals surface area contributed by atoms with Crippen molar-refractivity contribution in [3.8, 4) is 0 Å². The van der Waals surface area contributed by atoms with Gasteiger partial charge in [-0.05, 0) is 37.3 Å². The van der Waals surface area contributed by atoms with E-state index in [0.29, 0.717) is 30.2 Å². The molecule has 0 aliphatic rings. The zero-order valence-electron chi connectivity index (χ0n) is 15.5. The molecule has 1 aromatic heterocycles. The number of carbonyl (C=O) groups is 2. The quantitative estimate of drug-likeness (QED) is 0.703. The zero-order valence-corrected chi connectivity index (χ0v) is 16.4. The number of para-hydroxylation sites is 1. The van der Waals surface area contributed by atoms with E-state index in [-0.39, 0.29) is 11.8 Å². The van der Waals surface area contributed by atoms with E-state index >= 15 is 0 Å². The van der Waals surface area contributed by atoms with Gasteiger partial charge in [0.25, 0.3) is 5.91 Å². The molecule has 2 amide bonds. The Hall–Kier alpha value is -2.28. The van der Waals surface area contributed by atoms with Crippen LogP contribution >= 0.6 is 11.3 Å². The Morgan fingerprint density at radius 1 is 1.19 bits per heavy atom. The fourth-order valence-corrected chi connectivity index (χ4v) is 3.10. The first-order valence-corrected chi connectivity index (χ1v) is 9.73. The number of amides is 2. The molecule has 7 heteroatoms. The van der Waals surface area contributed by atoms with Crippen LogP contribution in [-0.2, 0) is 11.2 Å². The van der Waals surface area contributed by atoms with Crippen molar-refractivity contribution in [2.75, 3.05) is 11.9 Å². The molecule has 2 aromatic rings. The van der Waals surface area contributed by atoms with E-state index in [1.807, 2.05) is 31.2 Å². The standard InChI is InChI=1S/C19H26N4O2S/c1-13(2)11-12-20-16(24)9-6-10-17-22-23-19(26-17)18(25)21-15-8-5-4-7-14(15)3/h4-5,7-8,13H,6,9-12H2,1-3H3,(H,20,24)(H,21,25). The monoisotopic (exact) mass is 374 g/mol. The molecule has 0 spiro atoms. The summed E-state index contributed by atoms with van der Waals surface area (Å²) in [6.45, 7) is 6.93. The van der Waals surface area contributed by atoms with Crippen LogP contribution in [0.4, 0.5) is 5.69 Å². The minimum atomic E-state index is -0.255. The van der Waals surface area contributed by atoms with Crippen LogP contribution in [0, 0.1) is 12.8 Å². The van der Waals surface area contributed by atoms with Gasteiger partial charge in [0.05, 0.1) is 0 Å². The van der Waals surface area contributed by atoms with Gasteiger partial charge in [0, 0.05) is 25.1 Å². The third-order valence-electron chi connectivity index (χ3n) is 3.89. The van der Waals surface area contributed by atoms with E-state index in [1.54, 1.807) is 0 Å². The number of aryl methyl sites for hydroxylation is 2. The molecule has 0 unspecified atom stereocenters. The molecule has 6 nitrogen and oxygen atoms in total. The summed E-state index contributed by atoms with van der Waals surface area (Å²) in [4.78, 5) is 24.0. The molecule has 140 valence electrons. The SMILES string of the molecule is Cc1ccccc1NC(=O)c1nnc(CCCC(=O)NCCC(C)C)s1. The Morgan fingerprint density at radius 3 is 2.69 bits per heavy atom. The Balaban J connectivity index is 1.76. The van der Waals surface area contributed by atoms with Gasteiger partial charge in [-0.25, -0.2) is 0 Å². The predicted octanol–water partition coefficient (Wildman–Crippen LogP) is 3.58. The third-order valence-corrected chi connectivity index (χ3v) is 4.87. The van der Waals surface area contributed by atoms with Crippen LogP contribution in [-0.4, -0.2) is 28.6 Å². The average Bonchev–Trinajstić information content (AvgIpc) is 3.05. The molecular weight excluding hydrogens is 348 g/mol. The summed E-state index contributed by atoms with van der Waals surface area (Å²) in [5, 5.41) is 14.9. The van der Waals surface area contributed by atoms with E-state index in [0.717, 1.165) is 29.2 Å². The van der Waals surface area contributed by atoms with Crippen molar-refractivity contribution >= 4 is 28.8 Å². The summed E-state index contributed by atoms with van der Waals surface area (Å²) in [5.41, 5.74) is 1.77. The van der Waals surface area contributed by atoms with Crippen LogP contribution in [0.5, 0.6) is 0 Å². The summed E-state index contributed by atoms with van der Waals surface area (Å²) in [5.74, 6) is 0.392. The predicted molar refractivity (Wildman–Crippen MR) is 104 cm³/mol. The van der Waals surface area contributed by atoms with Gasteiger partial charge in [0.1, 0.15) is 5.01 Å². The Bertz CT molecular complexity index is 743. The first-order valence-electron chi connectivity index (χ1n) is 8.91. The van der Waals surface area contributed by atoms with Crippen LogP contribution < -0.4 is 10.6 Å². The largest absolute Gasteiger partial charge is 0.356 e. The van der Waals surface area contributed by atoms with E-state index in [4.69, 9.17) is 0 Å². The van der Waals surface area contributed by atoms with Gasteiger partial charge in [-0.1, -0.05) is 43.4 Å². The van der Waals surface area contributed by atoms with Gasteiger partial charge >= 0.3 is 0 Å². The van der Waals surface area contributed by atoms with E-state index < -0.39 is 0 Å². The maximum atomic E-state index is 12.3. The molecule has 0 saturated carbocycles. The van der Waals surface area contributed by atoms with Crippen molar-refractivity contribution in [1.29, 1.82) is 0 Å². The fourth-order valence-electron chi connectivity index (χ4n) is 2.32. The summed E-state index contributed by atoms with van der Waals surface area (Å²) < 4.78 is 0. The van der Waals surface area contributed by atoms with Crippen molar-refractivity contribution in [3.05, 3.63) is 39.8 Å². The molecule has 26 heavy (non-hydrogen) atoms. The highest BCUT2D eigenvalue weighted by Gasteiger charge is 2.14. The number of hydrogen-bond donors (Lipinski definition) is 2. The minimum Gasteiger partial charge on any atom is -0.356 e. The summed E-state index contributed by atoms with van der Waals surface area (Å²) in [7, 11) is 0. The van der Waals surface area contributed by atoms with E-state index in [9.17, 15) is 9.59 Å². The Labute approximate surface area is 158 Å². The van der Waals surface area contributed by atoms with Crippen LogP contribution in [0.15, 0.2) is 24.3 Å². The first kappa shape index (κ1) is 20.0. The van der Waals surface area contributed by atoms with Crippen molar-refractivity contribution in [1.82, 2.24) is 15.5 Å². The van der Waals surface area contributed by atoms with Gasteiger partial charge in [-0.15, -0.1) is 10.2 Å². The van der Waals surface area contributed by atoms with Gasteiger partial charge in [-0.3, -0.25) is 9.59 Å². The molecule has 0 bridgehead atoms. The highest BCUT2D eigenvalue weighted by atomic mass is 32.1. The lowest BCUT2D eigenvalue weighted by atomic mass is 10.1. The molecule has 2 rings (SSSR count). The number of nitrogens with one attached hydrogen (secondary N) is 2. The third kappa shape index (κ3) is 6.55. The maximum Gasteiger partial charge on any atom is 0.286 e. The fraction of sp³-hybridized carbons (Fsp3) is 0.474. The lowest BCUT2D eigenvalue weighted by Gasteiger charge is -2.06. The molecule has 2 N–H and O–H groups in total. The number of aromatic nitrogens is 2. The van der Waals surface area contributed by atoms with Crippen molar-refractivity contribution in [3.63, 3.8) is 0 Å². The highest BCUT2D eigenvalue weighted by Crippen LogP contribution is 2.17. The van der Waals surface area contributed by atoms with Crippen LogP contribution in [0.1, 0.15) is 53.5 Å². The van der Waals surface area contributed by atoms with Crippen molar-refractivity contribution in [2.24, 2.45) is 5.92 Å². The molecule has 1 aromatic carbocycles. The average molecular weight is 375 g/mol. The number of nitrogens with zero attached hydrogens (tertiary/aromatic N) is 2. The maximum absolute atomic E-state index is 12.3. The topological polar surface area (TPSA) is 84.0 Å². The smallest absolute Gasteiger partial charge is 0.286 e. The van der Waals surface area contributed by atoms with Gasteiger partial charge in [-0.2, -0.15) is 0 Å². The number of hydrogen-bond acceptors (Lipinski definition) is 5. The van der Waals surface area contributed by atoms with Crippen LogP contribution in [0.2, 0.25) is 0 Å². The first-order chi connectivity index (χ1) is 12.5. The number of anilines is 1.